The Kier molecular flexibility index (Phi) is 8.95. The van der Waals surface area contributed by atoms with Crippen LogP contribution in [0.3, 0.4) is 0 Å². The summed E-state index contributed by atoms with van der Waals surface area (Å²) in [5, 5.41) is 0. The van der Waals surface area contributed by atoms with E-state index in [0.717, 1.165) is 18.4 Å². The number of hydrogen-bond acceptors (Lipinski definition) is 6. The van der Waals surface area contributed by atoms with Crippen molar-refractivity contribution < 1.29 is 27.4 Å². The number of ether oxygens (including phenoxy) is 3. The van der Waals surface area contributed by atoms with Crippen LogP contribution < -0.4 is 14.2 Å². The smallest absolute Gasteiger partial charge is 0.246 e. The molecule has 1 aliphatic heterocycles. The fraction of sp³-hybridized carbons (Fsp3) is 0.400. The maximum absolute atomic E-state index is 12.9. The minimum absolute atomic E-state index is 0.163. The molecule has 1 aliphatic rings. The molecule has 2 aromatic carbocycles. The largest absolute Gasteiger partial charge is 0.497 e. The number of hydrogen-bond donors (Lipinski definition) is 0. The molecule has 0 unspecified atom stereocenters. The summed E-state index contributed by atoms with van der Waals surface area (Å²) in [6.07, 6.45) is 5.24. The highest BCUT2D eigenvalue weighted by atomic mass is 32.2. The predicted molar refractivity (Wildman–Crippen MR) is 131 cm³/mol. The van der Waals surface area contributed by atoms with E-state index < -0.39 is 10.0 Å². The highest BCUT2D eigenvalue weighted by Gasteiger charge is 2.29. The van der Waals surface area contributed by atoms with Crippen LogP contribution in [-0.2, 0) is 14.8 Å². The van der Waals surface area contributed by atoms with Gasteiger partial charge >= 0.3 is 0 Å². The lowest BCUT2D eigenvalue weighted by Gasteiger charge is -2.33. The molecule has 0 aliphatic carbocycles. The number of unbranched alkanes of at least 4 members (excludes halogenated alkanes) is 1. The van der Waals surface area contributed by atoms with E-state index in [1.54, 1.807) is 30.2 Å². The van der Waals surface area contributed by atoms with Crippen LogP contribution in [0.15, 0.2) is 53.4 Å². The van der Waals surface area contributed by atoms with Crippen LogP contribution in [0.25, 0.3) is 6.08 Å². The summed E-state index contributed by atoms with van der Waals surface area (Å²) in [5.41, 5.74) is 0.814. The van der Waals surface area contributed by atoms with Gasteiger partial charge in [0.1, 0.15) is 5.75 Å². The average molecular weight is 489 g/mol. The van der Waals surface area contributed by atoms with Gasteiger partial charge in [-0.05, 0) is 54.5 Å². The summed E-state index contributed by atoms with van der Waals surface area (Å²) >= 11 is 0. The van der Waals surface area contributed by atoms with Gasteiger partial charge in [0.05, 0.1) is 25.7 Å². The van der Waals surface area contributed by atoms with Gasteiger partial charge in [-0.1, -0.05) is 19.4 Å². The van der Waals surface area contributed by atoms with Crippen molar-refractivity contribution in [3.8, 4) is 17.2 Å². The van der Waals surface area contributed by atoms with Gasteiger partial charge in [-0.25, -0.2) is 8.42 Å². The second-order valence-electron chi connectivity index (χ2n) is 7.85. The van der Waals surface area contributed by atoms with Crippen LogP contribution in [0.2, 0.25) is 0 Å². The summed E-state index contributed by atoms with van der Waals surface area (Å²) in [5.74, 6) is 1.72. The average Bonchev–Trinajstić information content (AvgIpc) is 2.88. The monoisotopic (exact) mass is 488 g/mol. The van der Waals surface area contributed by atoms with Crippen molar-refractivity contribution in [1.29, 1.82) is 0 Å². The first-order chi connectivity index (χ1) is 16.4. The van der Waals surface area contributed by atoms with Gasteiger partial charge in [-0.3, -0.25) is 4.79 Å². The van der Waals surface area contributed by atoms with Crippen molar-refractivity contribution in [2.75, 3.05) is 47.0 Å². The van der Waals surface area contributed by atoms with Gasteiger partial charge < -0.3 is 19.1 Å². The van der Waals surface area contributed by atoms with Crippen molar-refractivity contribution >= 4 is 22.0 Å². The van der Waals surface area contributed by atoms with Gasteiger partial charge in [-0.15, -0.1) is 0 Å². The van der Waals surface area contributed by atoms with Crippen LogP contribution in [0.4, 0.5) is 0 Å². The van der Waals surface area contributed by atoms with E-state index in [4.69, 9.17) is 14.2 Å². The quantitative estimate of drug-likeness (QED) is 0.376. The Balaban J connectivity index is 1.58. The zero-order chi connectivity index (χ0) is 24.6. The Morgan fingerprint density at radius 1 is 0.971 bits per heavy atom. The van der Waals surface area contributed by atoms with Crippen molar-refractivity contribution in [3.63, 3.8) is 0 Å². The normalized spacial score (nSPS) is 14.9. The lowest BCUT2D eigenvalue weighted by Crippen LogP contribution is -2.50. The van der Waals surface area contributed by atoms with Crippen molar-refractivity contribution in [3.05, 3.63) is 54.1 Å². The second kappa shape index (κ2) is 11.9. The molecule has 9 heteroatoms. The second-order valence-corrected chi connectivity index (χ2v) is 9.79. The molecule has 8 nitrogen and oxygen atoms in total. The maximum atomic E-state index is 12.9. The fourth-order valence-electron chi connectivity index (χ4n) is 3.55. The molecule has 1 heterocycles. The minimum Gasteiger partial charge on any atom is -0.497 e. The summed E-state index contributed by atoms with van der Waals surface area (Å²) in [6.45, 7) is 3.86. The zero-order valence-electron chi connectivity index (χ0n) is 19.9. The Hall–Kier alpha value is -3.04. The lowest BCUT2D eigenvalue weighted by atomic mass is 10.2. The minimum atomic E-state index is -3.62. The number of amides is 1. The highest BCUT2D eigenvalue weighted by molar-refractivity contribution is 7.89. The van der Waals surface area contributed by atoms with E-state index in [1.165, 1.54) is 29.6 Å². The SMILES string of the molecule is CCCCOc1ccc(/C=C/C(=O)N2CCN(S(=O)(=O)c3ccc(OC)cc3)CC2)cc1OC. The molecule has 184 valence electrons. The van der Waals surface area contributed by atoms with Gasteiger partial charge in [0, 0.05) is 32.3 Å². The van der Waals surface area contributed by atoms with Crippen LogP contribution >= 0.6 is 0 Å². The van der Waals surface area contributed by atoms with E-state index in [1.807, 2.05) is 18.2 Å². The maximum Gasteiger partial charge on any atom is 0.246 e. The van der Waals surface area contributed by atoms with E-state index in [9.17, 15) is 13.2 Å². The van der Waals surface area contributed by atoms with Gasteiger partial charge in [0.25, 0.3) is 0 Å². The summed E-state index contributed by atoms with van der Waals surface area (Å²) < 4.78 is 43.4. The molecule has 0 N–H and O–H groups in total. The Morgan fingerprint density at radius 2 is 1.68 bits per heavy atom. The molecule has 0 atom stereocenters. The number of methoxy groups -OCH3 is 2. The molecule has 3 rings (SSSR count). The predicted octanol–water partition coefficient (Wildman–Crippen LogP) is 3.43. The number of benzene rings is 2. The van der Waals surface area contributed by atoms with Gasteiger partial charge in [0.2, 0.25) is 15.9 Å². The number of carbonyl (C=O) groups is 1. The van der Waals surface area contributed by atoms with Crippen molar-refractivity contribution in [2.45, 2.75) is 24.7 Å². The fourth-order valence-corrected chi connectivity index (χ4v) is 4.97. The number of nitrogens with zero attached hydrogens (tertiary/aromatic N) is 2. The first kappa shape index (κ1) is 25.6. The third-order valence-corrected chi connectivity index (χ3v) is 7.52. The molecule has 2 aromatic rings. The van der Waals surface area contributed by atoms with E-state index in [-0.39, 0.29) is 23.9 Å². The van der Waals surface area contributed by atoms with Crippen molar-refractivity contribution in [1.82, 2.24) is 9.21 Å². The van der Waals surface area contributed by atoms with E-state index in [2.05, 4.69) is 6.92 Å². The third kappa shape index (κ3) is 6.30. The molecule has 0 radical (unpaired) electrons. The first-order valence-electron chi connectivity index (χ1n) is 11.3. The number of sulfonamides is 1. The van der Waals surface area contributed by atoms with Gasteiger partial charge in [-0.2, -0.15) is 4.31 Å². The molecular formula is C25H32N2O6S. The third-order valence-electron chi connectivity index (χ3n) is 5.61. The zero-order valence-corrected chi connectivity index (χ0v) is 20.7. The Labute approximate surface area is 201 Å². The molecule has 0 aromatic heterocycles. The van der Waals surface area contributed by atoms with Crippen LogP contribution in [0.1, 0.15) is 25.3 Å². The van der Waals surface area contributed by atoms with Gasteiger partial charge in [0.15, 0.2) is 11.5 Å². The molecule has 1 amide bonds. The van der Waals surface area contributed by atoms with Crippen LogP contribution in [-0.4, -0.2) is 70.5 Å². The molecule has 0 bridgehead atoms. The standard InChI is InChI=1S/C25H32N2O6S/c1-4-5-18-33-23-12-6-20(19-24(23)32-3)7-13-25(28)26-14-16-27(17-15-26)34(29,30)22-10-8-21(31-2)9-11-22/h6-13,19H,4-5,14-18H2,1-3H3/b13-7+. The van der Waals surface area contributed by atoms with Crippen LogP contribution in [0, 0.1) is 0 Å². The van der Waals surface area contributed by atoms with Crippen LogP contribution in [0.5, 0.6) is 17.2 Å². The highest BCUT2D eigenvalue weighted by Crippen LogP contribution is 2.29. The molecular weight excluding hydrogens is 456 g/mol. The molecule has 1 fully saturated rings. The summed E-state index contributed by atoms with van der Waals surface area (Å²) in [6, 6.07) is 11.8. The molecule has 1 saturated heterocycles. The number of piperazine rings is 1. The molecule has 0 spiro atoms. The Morgan fingerprint density at radius 3 is 2.29 bits per heavy atom. The Bertz CT molecular complexity index is 1090. The molecule has 34 heavy (non-hydrogen) atoms. The molecule has 0 saturated carbocycles. The summed E-state index contributed by atoms with van der Waals surface area (Å²) in [4.78, 5) is 14.5. The topological polar surface area (TPSA) is 85.4 Å². The van der Waals surface area contributed by atoms with E-state index in [0.29, 0.717) is 36.9 Å². The van der Waals surface area contributed by atoms with E-state index >= 15 is 0 Å². The van der Waals surface area contributed by atoms with Crippen molar-refractivity contribution in [2.24, 2.45) is 0 Å². The lowest BCUT2D eigenvalue weighted by molar-refractivity contribution is -0.127. The number of rotatable bonds is 10. The number of carbonyl (C=O) groups excluding carboxylic acids is 1. The first-order valence-corrected chi connectivity index (χ1v) is 12.7. The summed E-state index contributed by atoms with van der Waals surface area (Å²) in [7, 11) is -0.502.